The van der Waals surface area contributed by atoms with Crippen molar-refractivity contribution in [1.82, 2.24) is 0 Å². The fourth-order valence-corrected chi connectivity index (χ4v) is 8.64. The van der Waals surface area contributed by atoms with E-state index in [1.54, 1.807) is 0 Å². The highest BCUT2D eigenvalue weighted by Gasteiger charge is 2.64. The molecular formula is C21H35BO2Si. The van der Waals surface area contributed by atoms with Gasteiger partial charge in [0, 0.05) is 4.94 Å². The number of hydrogen-bond donors (Lipinski definition) is 0. The first-order valence-electron chi connectivity index (χ1n) is 10.0. The lowest BCUT2D eigenvalue weighted by molar-refractivity contribution is 0.00578. The van der Waals surface area contributed by atoms with Crippen LogP contribution in [0.3, 0.4) is 0 Å². The molecule has 0 radical (unpaired) electrons. The highest BCUT2D eigenvalue weighted by molar-refractivity contribution is 6.99. The number of benzene rings is 1. The van der Waals surface area contributed by atoms with Crippen LogP contribution in [0, 0.1) is 0 Å². The molecule has 1 saturated carbocycles. The molecule has 1 aliphatic heterocycles. The summed E-state index contributed by atoms with van der Waals surface area (Å²) in [6.07, 6.45) is 7.76. The van der Waals surface area contributed by atoms with Crippen molar-refractivity contribution in [3.05, 3.63) is 30.3 Å². The molecule has 25 heavy (non-hydrogen) atoms. The van der Waals surface area contributed by atoms with Gasteiger partial charge < -0.3 is 9.31 Å². The first-order valence-corrected chi connectivity index (χ1v) is 13.0. The Morgan fingerprint density at radius 1 is 0.800 bits per heavy atom. The van der Waals surface area contributed by atoms with Crippen LogP contribution < -0.4 is 5.19 Å². The van der Waals surface area contributed by atoms with Crippen molar-refractivity contribution < 1.29 is 9.31 Å². The highest BCUT2D eigenvalue weighted by atomic mass is 28.3. The van der Waals surface area contributed by atoms with Crippen molar-refractivity contribution in [2.75, 3.05) is 0 Å². The molecule has 1 aromatic carbocycles. The summed E-state index contributed by atoms with van der Waals surface area (Å²) in [7, 11) is -1.89. The molecule has 3 rings (SSSR count). The van der Waals surface area contributed by atoms with Gasteiger partial charge in [0.05, 0.1) is 19.3 Å². The third-order valence-corrected chi connectivity index (χ3v) is 12.4. The molecule has 0 atom stereocenters. The first kappa shape index (κ1) is 19.2. The molecule has 0 unspecified atom stereocenters. The Balaban J connectivity index is 2.06. The van der Waals surface area contributed by atoms with Gasteiger partial charge in [0.25, 0.3) is 0 Å². The minimum Gasteiger partial charge on any atom is -0.403 e. The van der Waals surface area contributed by atoms with Gasteiger partial charge in [-0.2, -0.15) is 0 Å². The van der Waals surface area contributed by atoms with Gasteiger partial charge in [-0.3, -0.25) is 0 Å². The van der Waals surface area contributed by atoms with E-state index in [2.05, 4.69) is 71.1 Å². The Morgan fingerprint density at radius 3 is 1.76 bits per heavy atom. The molecule has 0 bridgehead atoms. The summed E-state index contributed by atoms with van der Waals surface area (Å²) in [5.41, 5.74) is -0.504. The van der Waals surface area contributed by atoms with Crippen LogP contribution in [0.2, 0.25) is 18.0 Å². The minimum absolute atomic E-state index is 0.0857. The van der Waals surface area contributed by atoms with Crippen molar-refractivity contribution in [2.24, 2.45) is 0 Å². The van der Waals surface area contributed by atoms with Gasteiger partial charge >= 0.3 is 7.12 Å². The molecule has 2 nitrogen and oxygen atoms in total. The van der Waals surface area contributed by atoms with E-state index in [1.807, 2.05) is 0 Å². The molecular weight excluding hydrogens is 323 g/mol. The second-order valence-corrected chi connectivity index (χ2v) is 14.5. The van der Waals surface area contributed by atoms with E-state index in [-0.39, 0.29) is 23.3 Å². The molecule has 1 aromatic rings. The van der Waals surface area contributed by atoms with E-state index >= 15 is 0 Å². The van der Waals surface area contributed by atoms with Crippen molar-refractivity contribution in [1.29, 1.82) is 0 Å². The maximum atomic E-state index is 6.68. The maximum absolute atomic E-state index is 6.68. The van der Waals surface area contributed by atoms with E-state index in [0.717, 1.165) is 0 Å². The second kappa shape index (κ2) is 6.54. The van der Waals surface area contributed by atoms with Crippen molar-refractivity contribution >= 4 is 20.4 Å². The molecule has 1 saturated heterocycles. The van der Waals surface area contributed by atoms with Crippen LogP contribution in [0.4, 0.5) is 0 Å². The largest absolute Gasteiger partial charge is 0.461 e. The van der Waals surface area contributed by atoms with E-state index in [1.165, 1.54) is 43.7 Å². The first-order chi connectivity index (χ1) is 11.6. The lowest BCUT2D eigenvalue weighted by Gasteiger charge is -2.46. The molecule has 1 aliphatic carbocycles. The van der Waals surface area contributed by atoms with Crippen LogP contribution in [0.15, 0.2) is 30.3 Å². The fraction of sp³-hybridized carbons (Fsp3) is 0.714. The van der Waals surface area contributed by atoms with Gasteiger partial charge in [-0.15, -0.1) is 0 Å². The third kappa shape index (κ3) is 3.15. The smallest absolute Gasteiger partial charge is 0.403 e. The molecule has 2 fully saturated rings. The molecule has 0 amide bonds. The van der Waals surface area contributed by atoms with Gasteiger partial charge in [0.15, 0.2) is 0 Å². The van der Waals surface area contributed by atoms with E-state index in [9.17, 15) is 0 Å². The Morgan fingerprint density at radius 2 is 1.28 bits per heavy atom. The third-order valence-electron chi connectivity index (χ3n) is 7.44. The number of rotatable bonds is 3. The summed E-state index contributed by atoms with van der Waals surface area (Å²) in [5, 5.41) is 1.53. The molecule has 1 heterocycles. The molecule has 0 N–H and O–H groups in total. The lowest BCUT2D eigenvalue weighted by Crippen LogP contribution is -2.60. The van der Waals surface area contributed by atoms with Gasteiger partial charge in [-0.25, -0.2) is 0 Å². The van der Waals surface area contributed by atoms with Gasteiger partial charge in [-0.1, -0.05) is 87.1 Å². The zero-order valence-corrected chi connectivity index (χ0v) is 18.0. The quantitative estimate of drug-likeness (QED) is 0.537. The zero-order valence-electron chi connectivity index (χ0n) is 17.0. The Kier molecular flexibility index (Phi) is 5.02. The summed E-state index contributed by atoms with van der Waals surface area (Å²) < 4.78 is 13.4. The predicted molar refractivity (Wildman–Crippen MR) is 110 cm³/mol. The van der Waals surface area contributed by atoms with Crippen molar-refractivity contribution in [3.63, 3.8) is 0 Å². The van der Waals surface area contributed by atoms with Gasteiger partial charge in [0.2, 0.25) is 0 Å². The monoisotopic (exact) mass is 358 g/mol. The summed E-state index contributed by atoms with van der Waals surface area (Å²) in [5.74, 6) is 0. The van der Waals surface area contributed by atoms with E-state index < -0.39 is 8.07 Å². The summed E-state index contributed by atoms with van der Waals surface area (Å²) in [6.45, 7) is 13.8. The predicted octanol–water partition coefficient (Wildman–Crippen LogP) is 5.33. The van der Waals surface area contributed by atoms with Gasteiger partial charge in [-0.05, 0) is 27.7 Å². The Hall–Kier alpha value is -0.578. The standard InChI is InChI=1S/C21H35BO2Si/c1-19(2)20(3,4)24-22(23-19)21(16-12-7-8-13-17-21)25(5,6)18-14-10-9-11-15-18/h9-11,14-15H,7-8,12-13,16-17H2,1-6H3. The highest BCUT2D eigenvalue weighted by Crippen LogP contribution is 2.56. The SMILES string of the molecule is CC1(C)OB(C2([Si](C)(C)c3ccccc3)CCCCCC2)OC1(C)C. The summed E-state index contributed by atoms with van der Waals surface area (Å²) in [4.78, 5) is 0.149. The van der Waals surface area contributed by atoms with Crippen molar-refractivity contribution in [2.45, 2.75) is 95.5 Å². The Bertz CT molecular complexity index is 573. The second-order valence-electron chi connectivity index (χ2n) is 9.65. The topological polar surface area (TPSA) is 18.5 Å². The normalized spacial score (nSPS) is 25.6. The van der Waals surface area contributed by atoms with Crippen LogP contribution in [0.1, 0.15) is 66.2 Å². The van der Waals surface area contributed by atoms with Gasteiger partial charge in [0.1, 0.15) is 0 Å². The van der Waals surface area contributed by atoms with E-state index in [0.29, 0.717) is 0 Å². The molecule has 138 valence electrons. The summed E-state index contributed by atoms with van der Waals surface area (Å²) >= 11 is 0. The summed E-state index contributed by atoms with van der Waals surface area (Å²) in [6, 6.07) is 11.2. The van der Waals surface area contributed by atoms with Crippen LogP contribution in [-0.4, -0.2) is 26.4 Å². The fourth-order valence-electron chi connectivity index (χ4n) is 4.73. The van der Waals surface area contributed by atoms with Crippen LogP contribution in [0.25, 0.3) is 0 Å². The molecule has 0 aromatic heterocycles. The average molecular weight is 358 g/mol. The zero-order chi connectivity index (χ0) is 18.3. The van der Waals surface area contributed by atoms with E-state index in [4.69, 9.17) is 9.31 Å². The lowest BCUT2D eigenvalue weighted by atomic mass is 9.66. The average Bonchev–Trinajstić information content (AvgIpc) is 2.75. The number of hydrogen-bond acceptors (Lipinski definition) is 2. The van der Waals surface area contributed by atoms with Crippen LogP contribution >= 0.6 is 0 Å². The van der Waals surface area contributed by atoms with Crippen LogP contribution in [0.5, 0.6) is 0 Å². The minimum atomic E-state index is -1.80. The van der Waals surface area contributed by atoms with Crippen molar-refractivity contribution in [3.8, 4) is 0 Å². The molecule has 2 aliphatic rings. The maximum Gasteiger partial charge on any atom is 0.461 e. The molecule has 4 heteroatoms. The van der Waals surface area contributed by atoms with Crippen LogP contribution in [-0.2, 0) is 9.31 Å². The molecule has 0 spiro atoms. The Labute approximate surface area is 155 Å².